The van der Waals surface area contributed by atoms with E-state index in [1.165, 1.54) is 53.6 Å². The van der Waals surface area contributed by atoms with Crippen LogP contribution in [0.25, 0.3) is 22.4 Å². The van der Waals surface area contributed by atoms with Crippen LogP contribution in [-0.4, -0.2) is 40.2 Å². The van der Waals surface area contributed by atoms with Gasteiger partial charge in [0.25, 0.3) is 0 Å². The van der Waals surface area contributed by atoms with Crippen molar-refractivity contribution in [1.29, 1.82) is 0 Å². The Balaban J connectivity index is 1.75. The van der Waals surface area contributed by atoms with Gasteiger partial charge in [0.15, 0.2) is 0 Å². The summed E-state index contributed by atoms with van der Waals surface area (Å²) < 4.78 is 0. The molecule has 2 heterocycles. The normalized spacial score (nSPS) is 20.1. The Morgan fingerprint density at radius 2 is 1.70 bits per heavy atom. The van der Waals surface area contributed by atoms with E-state index in [4.69, 9.17) is 5.10 Å². The summed E-state index contributed by atoms with van der Waals surface area (Å²) in [5.41, 5.74) is 7.20. The van der Waals surface area contributed by atoms with Crippen molar-refractivity contribution in [2.75, 3.05) is 14.1 Å². The number of H-pyrrole nitrogens is 1. The number of nitrogens with one attached hydrogen (secondary N) is 1. The number of aromatic amines is 1. The molecule has 0 radical (unpaired) electrons. The largest absolute Gasteiger partial charge is 0.306 e. The van der Waals surface area contributed by atoms with Crippen LogP contribution >= 0.6 is 0 Å². The highest BCUT2D eigenvalue weighted by Gasteiger charge is 2.28. The topological polar surface area (TPSA) is 44.8 Å². The summed E-state index contributed by atoms with van der Waals surface area (Å²) in [7, 11) is 4.39. The summed E-state index contributed by atoms with van der Waals surface area (Å²) in [6, 6.07) is 13.5. The molecule has 0 unspecified atom stereocenters. The summed E-state index contributed by atoms with van der Waals surface area (Å²) in [5.74, 6) is 0.537. The molecule has 1 N–H and O–H groups in total. The Bertz CT molecular complexity index is 890. The molecule has 1 aliphatic carbocycles. The Labute approximate surface area is 161 Å². The van der Waals surface area contributed by atoms with E-state index in [1.54, 1.807) is 0 Å². The highest BCUT2D eigenvalue weighted by molar-refractivity contribution is 5.83. The molecule has 0 saturated heterocycles. The Morgan fingerprint density at radius 1 is 0.963 bits per heavy atom. The zero-order valence-corrected chi connectivity index (χ0v) is 16.4. The third-order valence-electron chi connectivity index (χ3n) is 5.89. The third-order valence-corrected chi connectivity index (χ3v) is 5.89. The first-order valence-corrected chi connectivity index (χ1v) is 9.85. The van der Waals surface area contributed by atoms with Crippen LogP contribution < -0.4 is 0 Å². The summed E-state index contributed by atoms with van der Waals surface area (Å²) in [5, 5.41) is 8.20. The molecular formula is C23H28N4. The van der Waals surface area contributed by atoms with Crippen molar-refractivity contribution < 1.29 is 0 Å². The lowest BCUT2D eigenvalue weighted by atomic mass is 9.81. The third kappa shape index (κ3) is 3.67. The first-order valence-electron chi connectivity index (χ1n) is 9.85. The molecule has 0 spiro atoms. The second-order valence-electron chi connectivity index (χ2n) is 7.94. The van der Waals surface area contributed by atoms with Crippen LogP contribution in [0.3, 0.4) is 0 Å². The van der Waals surface area contributed by atoms with Crippen LogP contribution in [0.4, 0.5) is 0 Å². The Morgan fingerprint density at radius 3 is 2.37 bits per heavy atom. The van der Waals surface area contributed by atoms with E-state index in [-0.39, 0.29) is 0 Å². The lowest BCUT2D eigenvalue weighted by Gasteiger charge is -2.32. The van der Waals surface area contributed by atoms with Gasteiger partial charge in [-0.1, -0.05) is 23.8 Å². The number of benzene rings is 1. The molecule has 0 aliphatic heterocycles. The van der Waals surface area contributed by atoms with Crippen LogP contribution in [0.5, 0.6) is 0 Å². The quantitative estimate of drug-likeness (QED) is 0.709. The summed E-state index contributed by atoms with van der Waals surface area (Å²) >= 11 is 0. The van der Waals surface area contributed by atoms with Gasteiger partial charge >= 0.3 is 0 Å². The van der Waals surface area contributed by atoms with Gasteiger partial charge in [0, 0.05) is 41.2 Å². The number of nitrogens with zero attached hydrogens (tertiary/aromatic N) is 3. The van der Waals surface area contributed by atoms with Crippen LogP contribution in [0.2, 0.25) is 0 Å². The molecule has 4 heteroatoms. The van der Waals surface area contributed by atoms with E-state index in [1.807, 2.05) is 12.4 Å². The average molecular weight is 361 g/mol. The molecule has 4 nitrogen and oxygen atoms in total. The second-order valence-corrected chi connectivity index (χ2v) is 7.94. The van der Waals surface area contributed by atoms with E-state index < -0.39 is 0 Å². The number of hydrogen-bond donors (Lipinski definition) is 1. The van der Waals surface area contributed by atoms with Crippen molar-refractivity contribution in [3.63, 3.8) is 0 Å². The van der Waals surface area contributed by atoms with Crippen molar-refractivity contribution in [2.24, 2.45) is 0 Å². The Kier molecular flexibility index (Phi) is 5.08. The van der Waals surface area contributed by atoms with Gasteiger partial charge in [0.2, 0.25) is 0 Å². The molecule has 1 aliphatic rings. The maximum atomic E-state index is 4.78. The molecule has 1 aromatic carbocycles. The number of hydrogen-bond acceptors (Lipinski definition) is 3. The maximum Gasteiger partial charge on any atom is 0.100 e. The van der Waals surface area contributed by atoms with Gasteiger partial charge in [0.1, 0.15) is 5.69 Å². The van der Waals surface area contributed by atoms with E-state index in [9.17, 15) is 0 Å². The Hall–Kier alpha value is -2.46. The van der Waals surface area contributed by atoms with Crippen molar-refractivity contribution in [2.45, 2.75) is 44.6 Å². The smallest absolute Gasteiger partial charge is 0.100 e. The summed E-state index contributed by atoms with van der Waals surface area (Å²) in [6.45, 7) is 2.13. The second kappa shape index (κ2) is 7.65. The minimum absolute atomic E-state index is 0.537. The predicted molar refractivity (Wildman–Crippen MR) is 111 cm³/mol. The standard InChI is InChI=1S/C23H28N4/c1-16-5-4-6-19(15-16)23-21(17-11-13-24-14-12-17)22(25-26-23)18-7-9-20(10-8-18)27(2)3/h4-6,11-15,18,20H,7-10H2,1-3H3,(H,25,26). The van der Waals surface area contributed by atoms with Gasteiger partial charge in [-0.15, -0.1) is 0 Å². The first kappa shape index (κ1) is 17.9. The van der Waals surface area contributed by atoms with E-state index in [0.29, 0.717) is 12.0 Å². The van der Waals surface area contributed by atoms with Crippen LogP contribution in [0, 0.1) is 6.92 Å². The molecule has 1 saturated carbocycles. The van der Waals surface area contributed by atoms with Gasteiger partial charge in [-0.3, -0.25) is 10.1 Å². The number of aryl methyl sites for hydroxylation is 1. The monoisotopic (exact) mass is 360 g/mol. The fraction of sp³-hybridized carbons (Fsp3) is 0.391. The molecule has 0 atom stereocenters. The van der Waals surface area contributed by atoms with Crippen molar-refractivity contribution >= 4 is 0 Å². The van der Waals surface area contributed by atoms with Gasteiger partial charge in [-0.25, -0.2) is 0 Å². The van der Waals surface area contributed by atoms with E-state index >= 15 is 0 Å². The molecule has 27 heavy (non-hydrogen) atoms. The summed E-state index contributed by atoms with van der Waals surface area (Å²) in [4.78, 5) is 6.57. The van der Waals surface area contributed by atoms with E-state index in [2.05, 4.69) is 72.4 Å². The number of aromatic nitrogens is 3. The van der Waals surface area contributed by atoms with Crippen LogP contribution in [-0.2, 0) is 0 Å². The minimum atomic E-state index is 0.537. The SMILES string of the molecule is Cc1cccc(-c2n[nH]c(C3CCC(N(C)C)CC3)c2-c2ccncc2)c1. The molecule has 1 fully saturated rings. The fourth-order valence-electron chi connectivity index (χ4n) is 4.34. The maximum absolute atomic E-state index is 4.78. The fourth-order valence-corrected chi connectivity index (χ4v) is 4.34. The minimum Gasteiger partial charge on any atom is -0.306 e. The zero-order valence-electron chi connectivity index (χ0n) is 16.4. The molecule has 0 bridgehead atoms. The first-order chi connectivity index (χ1) is 13.1. The molecule has 0 amide bonds. The van der Waals surface area contributed by atoms with Crippen molar-refractivity contribution in [1.82, 2.24) is 20.1 Å². The van der Waals surface area contributed by atoms with Gasteiger partial charge in [0.05, 0.1) is 0 Å². The van der Waals surface area contributed by atoms with Crippen molar-refractivity contribution in [3.8, 4) is 22.4 Å². The highest BCUT2D eigenvalue weighted by Crippen LogP contribution is 2.41. The average Bonchev–Trinajstić information content (AvgIpc) is 3.14. The molecule has 4 rings (SSSR count). The van der Waals surface area contributed by atoms with E-state index in [0.717, 1.165) is 5.69 Å². The van der Waals surface area contributed by atoms with Crippen molar-refractivity contribution in [3.05, 3.63) is 60.0 Å². The van der Waals surface area contributed by atoms with Crippen LogP contribution in [0.15, 0.2) is 48.8 Å². The molecule has 2 aromatic heterocycles. The molecule has 140 valence electrons. The highest BCUT2D eigenvalue weighted by atomic mass is 15.1. The number of pyridine rings is 1. The predicted octanol–water partition coefficient (Wildman–Crippen LogP) is 5.03. The van der Waals surface area contributed by atoms with Gasteiger partial charge in [-0.05, 0) is 70.5 Å². The summed E-state index contributed by atoms with van der Waals surface area (Å²) in [6.07, 6.45) is 8.63. The zero-order chi connectivity index (χ0) is 18.8. The lowest BCUT2D eigenvalue weighted by Crippen LogP contribution is -2.31. The van der Waals surface area contributed by atoms with Gasteiger partial charge in [-0.2, -0.15) is 5.10 Å². The van der Waals surface area contributed by atoms with Crippen LogP contribution in [0.1, 0.15) is 42.9 Å². The van der Waals surface area contributed by atoms with Gasteiger partial charge < -0.3 is 4.90 Å². The number of rotatable bonds is 4. The molecule has 3 aromatic rings. The lowest BCUT2D eigenvalue weighted by molar-refractivity contribution is 0.215. The molecular weight excluding hydrogens is 332 g/mol.